The summed E-state index contributed by atoms with van der Waals surface area (Å²) in [7, 11) is 0. The zero-order chi connectivity index (χ0) is 16.3. The van der Waals surface area contributed by atoms with Gasteiger partial charge >= 0.3 is 12.1 Å². The lowest BCUT2D eigenvalue weighted by atomic mass is 10.0. The Morgan fingerprint density at radius 3 is 2.33 bits per heavy atom. The third-order valence-corrected chi connectivity index (χ3v) is 2.33. The number of hydrogen-bond acceptors (Lipinski definition) is 3. The molecule has 7 heteroatoms. The predicted octanol–water partition coefficient (Wildman–Crippen LogP) is 3.60. The Balaban J connectivity index is 3.00. The van der Waals surface area contributed by atoms with Crippen molar-refractivity contribution in [1.29, 1.82) is 0 Å². The molecule has 0 aliphatic carbocycles. The highest BCUT2D eigenvalue weighted by Gasteiger charge is 2.37. The molecule has 1 rings (SSSR count). The number of benzene rings is 1. The van der Waals surface area contributed by atoms with Crippen molar-refractivity contribution < 1.29 is 28.2 Å². The van der Waals surface area contributed by atoms with Crippen LogP contribution in [0.25, 0.3) is 0 Å². The number of anilines is 1. The standard InChI is InChI=1S/C14H17F2NO4/c1-13(2,3)21-12(20)17-10-7-5-4-6-9(10)14(15,16)8-11(18)19/h4-7H,8H2,1-3H3,(H,17,20)(H,18,19). The van der Waals surface area contributed by atoms with E-state index in [0.717, 1.165) is 6.07 Å². The number of carboxylic acids is 1. The molecular formula is C14H17F2NO4. The number of rotatable bonds is 4. The highest BCUT2D eigenvalue weighted by molar-refractivity contribution is 5.86. The third kappa shape index (κ3) is 5.37. The fraction of sp³-hybridized carbons (Fsp3) is 0.429. The van der Waals surface area contributed by atoms with Crippen LogP contribution >= 0.6 is 0 Å². The van der Waals surface area contributed by atoms with Crippen molar-refractivity contribution in [3.05, 3.63) is 29.8 Å². The number of hydrogen-bond donors (Lipinski definition) is 2. The van der Waals surface area contributed by atoms with Crippen molar-refractivity contribution >= 4 is 17.7 Å². The van der Waals surface area contributed by atoms with Crippen LogP contribution in [0.3, 0.4) is 0 Å². The lowest BCUT2D eigenvalue weighted by molar-refractivity contribution is -0.145. The molecule has 0 heterocycles. The van der Waals surface area contributed by atoms with E-state index < -0.39 is 35.6 Å². The molecule has 5 nitrogen and oxygen atoms in total. The first-order valence-electron chi connectivity index (χ1n) is 6.20. The Labute approximate surface area is 120 Å². The van der Waals surface area contributed by atoms with Gasteiger partial charge in [-0.25, -0.2) is 13.6 Å². The van der Waals surface area contributed by atoms with Crippen LogP contribution < -0.4 is 5.32 Å². The Morgan fingerprint density at radius 2 is 1.81 bits per heavy atom. The first-order chi connectivity index (χ1) is 9.51. The number of carbonyl (C=O) groups excluding carboxylic acids is 1. The topological polar surface area (TPSA) is 75.6 Å². The number of carboxylic acid groups (broad SMARTS) is 1. The first kappa shape index (κ1) is 16.9. The summed E-state index contributed by atoms with van der Waals surface area (Å²) in [5.41, 5.74) is -1.53. The van der Waals surface area contributed by atoms with Crippen LogP contribution in [0.5, 0.6) is 0 Å². The summed E-state index contributed by atoms with van der Waals surface area (Å²) in [6, 6.07) is 5.11. The van der Waals surface area contributed by atoms with E-state index in [-0.39, 0.29) is 5.69 Å². The number of para-hydroxylation sites is 1. The minimum atomic E-state index is -3.60. The minimum Gasteiger partial charge on any atom is -0.481 e. The van der Waals surface area contributed by atoms with Gasteiger partial charge in [-0.15, -0.1) is 0 Å². The van der Waals surface area contributed by atoms with E-state index in [4.69, 9.17) is 9.84 Å². The summed E-state index contributed by atoms with van der Waals surface area (Å²) in [4.78, 5) is 22.2. The molecule has 0 atom stereocenters. The number of carbonyl (C=O) groups is 2. The number of ether oxygens (including phenoxy) is 1. The second-order valence-corrected chi connectivity index (χ2v) is 5.45. The van der Waals surface area contributed by atoms with Crippen molar-refractivity contribution in [1.82, 2.24) is 0 Å². The monoisotopic (exact) mass is 301 g/mol. The average molecular weight is 301 g/mol. The Bertz CT molecular complexity index is 538. The van der Waals surface area contributed by atoms with Crippen LogP contribution in [0.15, 0.2) is 24.3 Å². The summed E-state index contributed by atoms with van der Waals surface area (Å²) in [6.07, 6.45) is -2.25. The maximum absolute atomic E-state index is 13.9. The van der Waals surface area contributed by atoms with Gasteiger partial charge in [0.1, 0.15) is 12.0 Å². The molecule has 0 saturated heterocycles. The number of aliphatic carboxylic acids is 1. The van der Waals surface area contributed by atoms with Gasteiger partial charge in [-0.1, -0.05) is 18.2 Å². The molecule has 2 N–H and O–H groups in total. The number of amides is 1. The van der Waals surface area contributed by atoms with Crippen LogP contribution in [-0.2, 0) is 15.5 Å². The van der Waals surface area contributed by atoms with Gasteiger partial charge in [0, 0.05) is 5.56 Å². The predicted molar refractivity (Wildman–Crippen MR) is 72.4 cm³/mol. The van der Waals surface area contributed by atoms with Crippen LogP contribution in [0.2, 0.25) is 0 Å². The van der Waals surface area contributed by atoms with E-state index in [1.54, 1.807) is 20.8 Å². The summed E-state index contributed by atoms with van der Waals surface area (Å²) < 4.78 is 32.7. The Hall–Kier alpha value is -2.18. The molecule has 1 amide bonds. The number of alkyl halides is 2. The lowest BCUT2D eigenvalue weighted by Gasteiger charge is -2.22. The van der Waals surface area contributed by atoms with Crippen LogP contribution in [0.4, 0.5) is 19.3 Å². The normalized spacial score (nSPS) is 11.9. The van der Waals surface area contributed by atoms with Crippen LogP contribution in [-0.4, -0.2) is 22.8 Å². The van der Waals surface area contributed by atoms with Crippen LogP contribution in [0, 0.1) is 0 Å². The molecule has 1 aromatic rings. The molecule has 0 aliphatic heterocycles. The number of halogens is 2. The van der Waals surface area contributed by atoms with Gasteiger partial charge in [0.25, 0.3) is 5.92 Å². The number of nitrogens with one attached hydrogen (secondary N) is 1. The molecule has 116 valence electrons. The van der Waals surface area contributed by atoms with Crippen molar-refractivity contribution in [2.75, 3.05) is 5.32 Å². The van der Waals surface area contributed by atoms with Crippen molar-refractivity contribution in [3.63, 3.8) is 0 Å². The molecule has 0 spiro atoms. The zero-order valence-corrected chi connectivity index (χ0v) is 11.9. The van der Waals surface area contributed by atoms with Gasteiger partial charge in [-0.3, -0.25) is 10.1 Å². The van der Waals surface area contributed by atoms with Gasteiger partial charge in [0.15, 0.2) is 0 Å². The van der Waals surface area contributed by atoms with Gasteiger partial charge in [0.2, 0.25) is 0 Å². The van der Waals surface area contributed by atoms with Gasteiger partial charge in [0.05, 0.1) is 5.69 Å². The molecule has 0 unspecified atom stereocenters. The molecule has 1 aromatic carbocycles. The quantitative estimate of drug-likeness (QED) is 0.891. The SMILES string of the molecule is CC(C)(C)OC(=O)Nc1ccccc1C(F)(F)CC(=O)O. The fourth-order valence-electron chi connectivity index (χ4n) is 1.61. The van der Waals surface area contributed by atoms with Crippen molar-refractivity contribution in [3.8, 4) is 0 Å². The summed E-state index contributed by atoms with van der Waals surface area (Å²) in [5.74, 6) is -5.23. The zero-order valence-electron chi connectivity index (χ0n) is 11.9. The minimum absolute atomic E-state index is 0.182. The molecular weight excluding hydrogens is 284 g/mol. The third-order valence-electron chi connectivity index (χ3n) is 2.33. The van der Waals surface area contributed by atoms with Gasteiger partial charge in [-0.2, -0.15) is 0 Å². The average Bonchev–Trinajstić information content (AvgIpc) is 2.24. The van der Waals surface area contributed by atoms with E-state index in [1.165, 1.54) is 18.2 Å². The maximum Gasteiger partial charge on any atom is 0.412 e. The molecule has 21 heavy (non-hydrogen) atoms. The van der Waals surface area contributed by atoms with Gasteiger partial charge in [-0.05, 0) is 26.8 Å². The molecule has 0 fully saturated rings. The summed E-state index contributed by atoms with van der Waals surface area (Å²) in [6.45, 7) is 4.91. The molecule has 0 aliphatic rings. The maximum atomic E-state index is 13.9. The van der Waals surface area contributed by atoms with E-state index in [2.05, 4.69) is 5.32 Å². The van der Waals surface area contributed by atoms with Gasteiger partial charge < -0.3 is 9.84 Å². The molecule has 0 saturated carbocycles. The second kappa shape index (κ2) is 6.07. The first-order valence-corrected chi connectivity index (χ1v) is 6.20. The van der Waals surface area contributed by atoms with Crippen molar-refractivity contribution in [2.24, 2.45) is 0 Å². The molecule has 0 radical (unpaired) electrons. The summed E-state index contributed by atoms with van der Waals surface area (Å²) in [5, 5.41) is 10.8. The molecule has 0 aromatic heterocycles. The summed E-state index contributed by atoms with van der Waals surface area (Å²) >= 11 is 0. The van der Waals surface area contributed by atoms with E-state index in [1.807, 2.05) is 0 Å². The van der Waals surface area contributed by atoms with Crippen LogP contribution in [0.1, 0.15) is 32.8 Å². The second-order valence-electron chi connectivity index (χ2n) is 5.45. The molecule has 0 bridgehead atoms. The Kier molecular flexibility index (Phi) is 4.88. The smallest absolute Gasteiger partial charge is 0.412 e. The van der Waals surface area contributed by atoms with E-state index in [0.29, 0.717) is 0 Å². The Morgan fingerprint density at radius 1 is 1.24 bits per heavy atom. The fourth-order valence-corrected chi connectivity index (χ4v) is 1.61. The van der Waals surface area contributed by atoms with E-state index in [9.17, 15) is 18.4 Å². The van der Waals surface area contributed by atoms with E-state index >= 15 is 0 Å². The highest BCUT2D eigenvalue weighted by Crippen LogP contribution is 2.36. The largest absolute Gasteiger partial charge is 0.481 e. The highest BCUT2D eigenvalue weighted by atomic mass is 19.3. The van der Waals surface area contributed by atoms with Crippen molar-refractivity contribution in [2.45, 2.75) is 38.7 Å². The lowest BCUT2D eigenvalue weighted by Crippen LogP contribution is -2.28.